The third kappa shape index (κ3) is 8.36. The summed E-state index contributed by atoms with van der Waals surface area (Å²) in [5.74, 6) is -1.57. The van der Waals surface area contributed by atoms with Gasteiger partial charge in [-0.2, -0.15) is 0 Å². The molecule has 0 aliphatic heterocycles. The fraction of sp³-hybridized carbons (Fsp3) is 0.278. The number of para-hydroxylation sites is 1. The molecule has 0 bridgehead atoms. The molecule has 0 radical (unpaired) electrons. The van der Waals surface area contributed by atoms with Crippen LogP contribution >= 0.6 is 0 Å². The average molecular weight is 630 g/mol. The molecule has 4 aromatic carbocycles. The summed E-state index contributed by atoms with van der Waals surface area (Å²) < 4.78 is 44.5. The van der Waals surface area contributed by atoms with E-state index in [9.17, 15) is 18.0 Å². The molecule has 1 N–H and O–H groups in total. The number of anilines is 1. The summed E-state index contributed by atoms with van der Waals surface area (Å²) in [5, 5.41) is 2.98. The van der Waals surface area contributed by atoms with Crippen LogP contribution in [0, 0.1) is 19.7 Å². The Bertz CT molecular complexity index is 1710. The number of carbonyl (C=O) groups excluding carboxylic acids is 2. The fourth-order valence-electron chi connectivity index (χ4n) is 5.00. The molecule has 0 saturated heterocycles. The van der Waals surface area contributed by atoms with Gasteiger partial charge in [0.2, 0.25) is 11.8 Å². The SMILES string of the molecule is CC[C@@H](C)NC(=O)[C@@H](Cc1ccccc1)N(Cc1ccccc1F)C(=O)CN(c1ccccc1C)S(=O)(=O)c1ccc(C)cc1. The highest BCUT2D eigenvalue weighted by molar-refractivity contribution is 7.92. The van der Waals surface area contributed by atoms with Gasteiger partial charge in [0.15, 0.2) is 0 Å². The van der Waals surface area contributed by atoms with Gasteiger partial charge in [0.05, 0.1) is 10.6 Å². The molecule has 0 saturated carbocycles. The number of rotatable bonds is 13. The summed E-state index contributed by atoms with van der Waals surface area (Å²) in [7, 11) is -4.22. The van der Waals surface area contributed by atoms with E-state index in [2.05, 4.69) is 5.32 Å². The van der Waals surface area contributed by atoms with Crippen molar-refractivity contribution >= 4 is 27.5 Å². The first-order chi connectivity index (χ1) is 21.5. The normalized spacial score (nSPS) is 12.6. The number of nitrogens with one attached hydrogen (secondary N) is 1. The third-order valence-corrected chi connectivity index (χ3v) is 9.62. The van der Waals surface area contributed by atoms with Crippen molar-refractivity contribution in [2.24, 2.45) is 0 Å². The van der Waals surface area contributed by atoms with Crippen LogP contribution in [0.5, 0.6) is 0 Å². The van der Waals surface area contributed by atoms with Crippen LogP contribution in [0.3, 0.4) is 0 Å². The summed E-state index contributed by atoms with van der Waals surface area (Å²) >= 11 is 0. The zero-order valence-electron chi connectivity index (χ0n) is 26.1. The van der Waals surface area contributed by atoms with Crippen molar-refractivity contribution in [2.45, 2.75) is 64.1 Å². The maximum absolute atomic E-state index is 15.0. The van der Waals surface area contributed by atoms with Gasteiger partial charge in [-0.15, -0.1) is 0 Å². The monoisotopic (exact) mass is 629 g/mol. The summed E-state index contributed by atoms with van der Waals surface area (Å²) in [4.78, 5) is 29.7. The van der Waals surface area contributed by atoms with E-state index < -0.39 is 40.2 Å². The number of carbonyl (C=O) groups is 2. The predicted molar refractivity (Wildman–Crippen MR) is 176 cm³/mol. The first-order valence-electron chi connectivity index (χ1n) is 15.0. The minimum absolute atomic E-state index is 0.0279. The Balaban J connectivity index is 1.83. The van der Waals surface area contributed by atoms with E-state index in [0.717, 1.165) is 15.4 Å². The van der Waals surface area contributed by atoms with Crippen molar-refractivity contribution in [3.05, 3.63) is 131 Å². The highest BCUT2D eigenvalue weighted by Crippen LogP contribution is 2.28. The van der Waals surface area contributed by atoms with E-state index in [0.29, 0.717) is 17.7 Å². The van der Waals surface area contributed by atoms with Gasteiger partial charge in [0.1, 0.15) is 18.4 Å². The van der Waals surface area contributed by atoms with Crippen LogP contribution in [-0.2, 0) is 32.6 Å². The highest BCUT2D eigenvalue weighted by atomic mass is 32.2. The smallest absolute Gasteiger partial charge is 0.264 e. The topological polar surface area (TPSA) is 86.8 Å². The van der Waals surface area contributed by atoms with Crippen LogP contribution in [0.15, 0.2) is 108 Å². The van der Waals surface area contributed by atoms with Crippen molar-refractivity contribution in [3.63, 3.8) is 0 Å². The number of aryl methyl sites for hydroxylation is 2. The molecule has 45 heavy (non-hydrogen) atoms. The molecule has 0 aromatic heterocycles. The first kappa shape index (κ1) is 33.4. The Morgan fingerprint density at radius 2 is 1.47 bits per heavy atom. The van der Waals surface area contributed by atoms with E-state index in [-0.39, 0.29) is 29.5 Å². The zero-order chi connectivity index (χ0) is 32.6. The minimum atomic E-state index is -4.22. The number of benzene rings is 4. The molecule has 9 heteroatoms. The van der Waals surface area contributed by atoms with Crippen LogP contribution in [0.2, 0.25) is 0 Å². The lowest BCUT2D eigenvalue weighted by atomic mass is 10.0. The van der Waals surface area contributed by atoms with E-state index in [4.69, 9.17) is 0 Å². The lowest BCUT2D eigenvalue weighted by Gasteiger charge is -2.34. The second-order valence-electron chi connectivity index (χ2n) is 11.2. The Morgan fingerprint density at radius 1 is 0.844 bits per heavy atom. The Labute approximate surface area is 265 Å². The Hall–Kier alpha value is -4.50. The Morgan fingerprint density at radius 3 is 2.11 bits per heavy atom. The number of hydrogen-bond acceptors (Lipinski definition) is 4. The molecule has 0 spiro atoms. The molecule has 0 heterocycles. The van der Waals surface area contributed by atoms with Gasteiger partial charge in [-0.25, -0.2) is 12.8 Å². The van der Waals surface area contributed by atoms with E-state index in [1.54, 1.807) is 61.5 Å². The molecule has 4 rings (SSSR count). The second kappa shape index (κ2) is 15.0. The Kier molecular flexibility index (Phi) is 11.1. The lowest BCUT2D eigenvalue weighted by Crippen LogP contribution is -2.54. The standard InChI is InChI=1S/C36H40FN3O4S/c1-5-28(4)38-36(42)34(23-29-14-7-6-8-15-29)39(24-30-16-10-11-17-32(30)37)35(41)25-40(33-18-12-9-13-27(33)3)45(43,44)31-21-19-26(2)20-22-31/h6-22,28,34H,5,23-25H2,1-4H3,(H,38,42)/t28-,34-/m1/s1. The summed E-state index contributed by atoms with van der Waals surface area (Å²) in [6.07, 6.45) is 0.819. The van der Waals surface area contributed by atoms with Crippen LogP contribution in [-0.4, -0.2) is 43.8 Å². The van der Waals surface area contributed by atoms with Crippen LogP contribution in [0.4, 0.5) is 10.1 Å². The van der Waals surface area contributed by atoms with Crippen LogP contribution < -0.4 is 9.62 Å². The van der Waals surface area contributed by atoms with Crippen molar-refractivity contribution < 1.29 is 22.4 Å². The average Bonchev–Trinajstić information content (AvgIpc) is 3.03. The maximum atomic E-state index is 15.0. The predicted octanol–water partition coefficient (Wildman–Crippen LogP) is 6.19. The zero-order valence-corrected chi connectivity index (χ0v) is 26.9. The van der Waals surface area contributed by atoms with E-state index in [1.807, 2.05) is 51.1 Å². The maximum Gasteiger partial charge on any atom is 0.264 e. The molecular weight excluding hydrogens is 589 g/mol. The molecule has 0 aliphatic carbocycles. The number of sulfonamides is 1. The number of nitrogens with zero attached hydrogens (tertiary/aromatic N) is 2. The molecule has 0 fully saturated rings. The third-order valence-electron chi connectivity index (χ3n) is 7.84. The molecule has 4 aromatic rings. The van der Waals surface area contributed by atoms with Gasteiger partial charge in [-0.3, -0.25) is 13.9 Å². The minimum Gasteiger partial charge on any atom is -0.352 e. The molecule has 2 amide bonds. The summed E-state index contributed by atoms with van der Waals surface area (Å²) in [5.41, 5.74) is 2.89. The summed E-state index contributed by atoms with van der Waals surface area (Å²) in [6.45, 7) is 6.61. The van der Waals surface area contributed by atoms with Crippen molar-refractivity contribution in [1.82, 2.24) is 10.2 Å². The van der Waals surface area contributed by atoms with Gasteiger partial charge in [-0.05, 0) is 62.6 Å². The van der Waals surface area contributed by atoms with Gasteiger partial charge >= 0.3 is 0 Å². The summed E-state index contributed by atoms with van der Waals surface area (Å²) in [6, 6.07) is 27.4. The van der Waals surface area contributed by atoms with Gasteiger partial charge in [0.25, 0.3) is 10.0 Å². The molecule has 2 atom stereocenters. The van der Waals surface area contributed by atoms with E-state index in [1.165, 1.54) is 23.1 Å². The number of halogens is 1. The molecule has 0 unspecified atom stereocenters. The van der Waals surface area contributed by atoms with E-state index >= 15 is 4.39 Å². The van der Waals surface area contributed by atoms with Gasteiger partial charge in [0, 0.05) is 24.6 Å². The molecule has 0 aliphatic rings. The molecular formula is C36H40FN3O4S. The molecule has 7 nitrogen and oxygen atoms in total. The van der Waals surface area contributed by atoms with Crippen molar-refractivity contribution in [1.29, 1.82) is 0 Å². The molecule has 236 valence electrons. The highest BCUT2D eigenvalue weighted by Gasteiger charge is 2.35. The van der Waals surface area contributed by atoms with Gasteiger partial charge in [-0.1, -0.05) is 91.3 Å². The first-order valence-corrected chi connectivity index (χ1v) is 16.5. The number of hydrogen-bond donors (Lipinski definition) is 1. The quantitative estimate of drug-likeness (QED) is 0.191. The second-order valence-corrected chi connectivity index (χ2v) is 13.1. The van der Waals surface area contributed by atoms with Gasteiger partial charge < -0.3 is 10.2 Å². The number of amides is 2. The van der Waals surface area contributed by atoms with Crippen molar-refractivity contribution in [3.8, 4) is 0 Å². The fourth-order valence-corrected chi connectivity index (χ4v) is 6.48. The largest absolute Gasteiger partial charge is 0.352 e. The lowest BCUT2D eigenvalue weighted by molar-refractivity contribution is -0.140. The van der Waals surface area contributed by atoms with Crippen molar-refractivity contribution in [2.75, 3.05) is 10.8 Å². The van der Waals surface area contributed by atoms with Crippen LogP contribution in [0.25, 0.3) is 0 Å². The van der Waals surface area contributed by atoms with Crippen LogP contribution in [0.1, 0.15) is 42.5 Å².